The molecule has 1 N–H and O–H groups in total. The largest absolute Gasteiger partial charge is 0.314 e. The summed E-state index contributed by atoms with van der Waals surface area (Å²) in [6, 6.07) is 11.4. The number of fused-ring (bicyclic) bond motifs is 2. The van der Waals surface area contributed by atoms with Crippen molar-refractivity contribution in [3.63, 3.8) is 0 Å². The average molecular weight is 241 g/mol. The van der Waals surface area contributed by atoms with Crippen molar-refractivity contribution in [1.82, 2.24) is 5.32 Å². The molecule has 1 heteroatoms. The number of hydrogen-bond donors (Lipinski definition) is 1. The van der Waals surface area contributed by atoms with Gasteiger partial charge in [-0.1, -0.05) is 42.5 Å². The van der Waals surface area contributed by atoms with Gasteiger partial charge in [0.25, 0.3) is 0 Å². The van der Waals surface area contributed by atoms with Crippen molar-refractivity contribution in [1.29, 1.82) is 0 Å². The number of hydrogen-bond acceptors (Lipinski definition) is 1. The maximum absolute atomic E-state index is 3.72. The third-order valence-electron chi connectivity index (χ3n) is 4.53. The lowest BCUT2D eigenvalue weighted by Crippen LogP contribution is -2.34. The standard InChI is InChI=1S/C17H23N/c1-13(9-14-5-3-2-4-6-14)18-12-17-11-15-7-8-16(17)10-15/h2-8,13,15-18H,9-12H2,1H3. The second-order valence-corrected chi connectivity index (χ2v) is 6.04. The molecule has 0 saturated heterocycles. The third-order valence-corrected chi connectivity index (χ3v) is 4.53. The molecule has 0 radical (unpaired) electrons. The minimum atomic E-state index is 0.579. The molecule has 0 heterocycles. The fourth-order valence-corrected chi connectivity index (χ4v) is 3.52. The van der Waals surface area contributed by atoms with Gasteiger partial charge in [-0.2, -0.15) is 0 Å². The molecule has 0 amide bonds. The molecule has 0 aromatic heterocycles. The van der Waals surface area contributed by atoms with E-state index in [1.807, 2.05) is 0 Å². The summed E-state index contributed by atoms with van der Waals surface area (Å²) in [6.07, 6.45) is 8.83. The predicted molar refractivity (Wildman–Crippen MR) is 76.5 cm³/mol. The first-order valence-electron chi connectivity index (χ1n) is 7.27. The van der Waals surface area contributed by atoms with E-state index in [1.54, 1.807) is 0 Å². The van der Waals surface area contributed by atoms with Crippen LogP contribution in [0.5, 0.6) is 0 Å². The predicted octanol–water partition coefficient (Wildman–Crippen LogP) is 3.42. The third kappa shape index (κ3) is 2.67. The van der Waals surface area contributed by atoms with E-state index in [9.17, 15) is 0 Å². The lowest BCUT2D eigenvalue weighted by Gasteiger charge is -2.21. The van der Waals surface area contributed by atoms with Gasteiger partial charge in [-0.3, -0.25) is 0 Å². The topological polar surface area (TPSA) is 12.0 Å². The molecule has 1 nitrogen and oxygen atoms in total. The van der Waals surface area contributed by atoms with E-state index in [0.29, 0.717) is 6.04 Å². The van der Waals surface area contributed by atoms with Gasteiger partial charge >= 0.3 is 0 Å². The van der Waals surface area contributed by atoms with Gasteiger partial charge in [0.05, 0.1) is 0 Å². The molecule has 1 aromatic carbocycles. The number of nitrogens with one attached hydrogen (secondary N) is 1. The van der Waals surface area contributed by atoms with Crippen LogP contribution in [0.3, 0.4) is 0 Å². The Morgan fingerprint density at radius 2 is 2.00 bits per heavy atom. The van der Waals surface area contributed by atoms with Gasteiger partial charge in [-0.15, -0.1) is 0 Å². The van der Waals surface area contributed by atoms with Crippen molar-refractivity contribution in [3.8, 4) is 0 Å². The quantitative estimate of drug-likeness (QED) is 0.779. The van der Waals surface area contributed by atoms with Crippen LogP contribution in [0.4, 0.5) is 0 Å². The summed E-state index contributed by atoms with van der Waals surface area (Å²) in [4.78, 5) is 0. The first kappa shape index (κ1) is 12.0. The van der Waals surface area contributed by atoms with Crippen molar-refractivity contribution >= 4 is 0 Å². The fourth-order valence-electron chi connectivity index (χ4n) is 3.52. The van der Waals surface area contributed by atoms with Gasteiger partial charge in [-0.05, 0) is 56.0 Å². The van der Waals surface area contributed by atoms with E-state index in [0.717, 1.165) is 24.2 Å². The Morgan fingerprint density at radius 3 is 2.67 bits per heavy atom. The van der Waals surface area contributed by atoms with E-state index in [4.69, 9.17) is 0 Å². The lowest BCUT2D eigenvalue weighted by atomic mass is 9.93. The highest BCUT2D eigenvalue weighted by molar-refractivity contribution is 5.16. The molecule has 3 rings (SSSR count). The van der Waals surface area contributed by atoms with Crippen LogP contribution >= 0.6 is 0 Å². The second kappa shape index (κ2) is 5.27. The zero-order chi connectivity index (χ0) is 12.4. The van der Waals surface area contributed by atoms with Crippen LogP contribution in [0.1, 0.15) is 25.3 Å². The summed E-state index contributed by atoms with van der Waals surface area (Å²) in [5, 5.41) is 3.72. The van der Waals surface area contributed by atoms with Crippen molar-refractivity contribution < 1.29 is 0 Å². The van der Waals surface area contributed by atoms with Gasteiger partial charge in [0.2, 0.25) is 0 Å². The summed E-state index contributed by atoms with van der Waals surface area (Å²) in [5.41, 5.74) is 1.44. The zero-order valence-corrected chi connectivity index (χ0v) is 11.2. The molecule has 18 heavy (non-hydrogen) atoms. The van der Waals surface area contributed by atoms with Crippen LogP contribution in [0.25, 0.3) is 0 Å². The number of allylic oxidation sites excluding steroid dienone is 2. The van der Waals surface area contributed by atoms with Crippen LogP contribution < -0.4 is 5.32 Å². The van der Waals surface area contributed by atoms with E-state index >= 15 is 0 Å². The monoisotopic (exact) mass is 241 g/mol. The van der Waals surface area contributed by atoms with Gasteiger partial charge < -0.3 is 5.32 Å². The highest BCUT2D eigenvalue weighted by atomic mass is 14.9. The molecule has 2 aliphatic carbocycles. The van der Waals surface area contributed by atoms with E-state index in [2.05, 4.69) is 54.7 Å². The Morgan fingerprint density at radius 1 is 1.17 bits per heavy atom. The van der Waals surface area contributed by atoms with Crippen LogP contribution in [-0.4, -0.2) is 12.6 Å². The highest BCUT2D eigenvalue weighted by Gasteiger charge is 2.35. The molecule has 2 aliphatic rings. The summed E-state index contributed by atoms with van der Waals surface area (Å²) in [7, 11) is 0. The Kier molecular flexibility index (Phi) is 3.51. The zero-order valence-electron chi connectivity index (χ0n) is 11.2. The van der Waals surface area contributed by atoms with E-state index < -0.39 is 0 Å². The van der Waals surface area contributed by atoms with Crippen molar-refractivity contribution in [3.05, 3.63) is 48.0 Å². The summed E-state index contributed by atoms with van der Waals surface area (Å²) < 4.78 is 0. The van der Waals surface area contributed by atoms with Crippen LogP contribution in [0.2, 0.25) is 0 Å². The van der Waals surface area contributed by atoms with Crippen LogP contribution in [0, 0.1) is 17.8 Å². The molecule has 4 unspecified atom stereocenters. The van der Waals surface area contributed by atoms with Crippen molar-refractivity contribution in [2.24, 2.45) is 17.8 Å². The first-order valence-corrected chi connectivity index (χ1v) is 7.27. The van der Waals surface area contributed by atoms with Gasteiger partial charge in [-0.25, -0.2) is 0 Å². The minimum absolute atomic E-state index is 0.579. The molecule has 0 aliphatic heterocycles. The summed E-state index contributed by atoms with van der Waals surface area (Å²) >= 11 is 0. The molecule has 1 fully saturated rings. The smallest absolute Gasteiger partial charge is 0.00792 e. The molecule has 96 valence electrons. The van der Waals surface area contributed by atoms with E-state index in [-0.39, 0.29) is 0 Å². The SMILES string of the molecule is CC(Cc1ccccc1)NCC1CC2C=CC1C2. The second-order valence-electron chi connectivity index (χ2n) is 6.04. The molecule has 4 atom stereocenters. The lowest BCUT2D eigenvalue weighted by molar-refractivity contribution is 0.389. The Balaban J connectivity index is 1.45. The van der Waals surface area contributed by atoms with Crippen molar-refractivity contribution in [2.75, 3.05) is 6.54 Å². The normalized spacial score (nSPS) is 30.8. The maximum Gasteiger partial charge on any atom is 0.00792 e. The van der Waals surface area contributed by atoms with Crippen LogP contribution in [-0.2, 0) is 6.42 Å². The molecule has 0 spiro atoms. The molecule has 1 aromatic rings. The molecule has 2 bridgehead atoms. The van der Waals surface area contributed by atoms with E-state index in [1.165, 1.54) is 24.9 Å². The van der Waals surface area contributed by atoms with Crippen LogP contribution in [0.15, 0.2) is 42.5 Å². The number of rotatable bonds is 5. The van der Waals surface area contributed by atoms with Crippen molar-refractivity contribution in [2.45, 2.75) is 32.2 Å². The summed E-state index contributed by atoms with van der Waals surface area (Å²) in [5.74, 6) is 2.65. The van der Waals surface area contributed by atoms with Gasteiger partial charge in [0, 0.05) is 6.04 Å². The summed E-state index contributed by atoms with van der Waals surface area (Å²) in [6.45, 7) is 3.50. The Bertz CT molecular complexity index is 409. The molecule has 1 saturated carbocycles. The fraction of sp³-hybridized carbons (Fsp3) is 0.529. The van der Waals surface area contributed by atoms with Gasteiger partial charge in [0.15, 0.2) is 0 Å². The Hall–Kier alpha value is -1.08. The van der Waals surface area contributed by atoms with Gasteiger partial charge in [0.1, 0.15) is 0 Å². The average Bonchev–Trinajstić information content (AvgIpc) is 3.00. The maximum atomic E-state index is 3.72. The Labute approximate surface area is 110 Å². The number of benzene rings is 1. The molecular weight excluding hydrogens is 218 g/mol. The molecular formula is C17H23N. The first-order chi connectivity index (χ1) is 8.81. The minimum Gasteiger partial charge on any atom is -0.314 e. The highest BCUT2D eigenvalue weighted by Crippen LogP contribution is 2.42.